The maximum absolute atomic E-state index is 12.5. The lowest BCUT2D eigenvalue weighted by Gasteiger charge is -2.30. The molecule has 24 heavy (non-hydrogen) atoms. The number of rotatable bonds is 6. The predicted octanol–water partition coefficient (Wildman–Crippen LogP) is 2.25. The molecule has 1 heterocycles. The molecule has 2 atom stereocenters. The van der Waals surface area contributed by atoms with Gasteiger partial charge in [0.05, 0.1) is 19.3 Å². The molecule has 1 amide bonds. The van der Waals surface area contributed by atoms with E-state index in [1.807, 2.05) is 13.8 Å². The predicted molar refractivity (Wildman–Crippen MR) is 90.6 cm³/mol. The van der Waals surface area contributed by atoms with Crippen LogP contribution in [0.1, 0.15) is 58.8 Å². The summed E-state index contributed by atoms with van der Waals surface area (Å²) in [6.45, 7) is 5.11. The molecule has 1 unspecified atom stereocenters. The van der Waals surface area contributed by atoms with Crippen molar-refractivity contribution < 1.29 is 19.4 Å². The van der Waals surface area contributed by atoms with Crippen LogP contribution in [0.2, 0.25) is 0 Å². The fraction of sp³-hybridized carbons (Fsp3) is 0.944. The van der Waals surface area contributed by atoms with Crippen LogP contribution in [0.5, 0.6) is 0 Å². The van der Waals surface area contributed by atoms with Crippen molar-refractivity contribution in [1.82, 2.24) is 10.2 Å². The standard InChI is InChI=1S/C18H32N2O4/c1-18(2)20(17(22)23-12-13-6-4-3-5-7-13)11-16(24-18)15(21)10-19-14-8-9-14/h13-16,19,21H,3-12H2,1-2H3/t15-,16?/m1/s1. The van der Waals surface area contributed by atoms with Crippen LogP contribution in [0.25, 0.3) is 0 Å². The first-order valence-electron chi connectivity index (χ1n) is 9.49. The molecule has 0 aromatic carbocycles. The Morgan fingerprint density at radius 2 is 2.00 bits per heavy atom. The highest BCUT2D eigenvalue weighted by Crippen LogP contribution is 2.30. The molecule has 6 heteroatoms. The third kappa shape index (κ3) is 4.61. The minimum atomic E-state index is -0.741. The number of aliphatic hydroxyl groups is 1. The zero-order valence-electron chi connectivity index (χ0n) is 15.0. The van der Waals surface area contributed by atoms with Crippen LogP contribution in [-0.2, 0) is 9.47 Å². The molecule has 0 bridgehead atoms. The van der Waals surface area contributed by atoms with Crippen LogP contribution < -0.4 is 5.32 Å². The number of ether oxygens (including phenoxy) is 2. The summed E-state index contributed by atoms with van der Waals surface area (Å²) < 4.78 is 11.5. The molecule has 3 rings (SSSR count). The summed E-state index contributed by atoms with van der Waals surface area (Å²) in [5, 5.41) is 13.6. The molecular weight excluding hydrogens is 308 g/mol. The minimum Gasteiger partial charge on any atom is -0.449 e. The molecule has 0 spiro atoms. The van der Waals surface area contributed by atoms with Crippen molar-refractivity contribution in [1.29, 1.82) is 0 Å². The molecule has 138 valence electrons. The van der Waals surface area contributed by atoms with Crippen LogP contribution in [-0.4, -0.2) is 59.8 Å². The van der Waals surface area contributed by atoms with Gasteiger partial charge in [-0.05, 0) is 45.4 Å². The summed E-state index contributed by atoms with van der Waals surface area (Å²) in [4.78, 5) is 14.1. The van der Waals surface area contributed by atoms with Crippen LogP contribution >= 0.6 is 0 Å². The van der Waals surface area contributed by atoms with Gasteiger partial charge in [0, 0.05) is 12.6 Å². The van der Waals surface area contributed by atoms with E-state index in [0.29, 0.717) is 31.7 Å². The molecule has 6 nitrogen and oxygen atoms in total. The first-order valence-corrected chi connectivity index (χ1v) is 9.49. The molecule has 2 saturated carbocycles. The highest BCUT2D eigenvalue weighted by Gasteiger charge is 2.45. The van der Waals surface area contributed by atoms with Gasteiger partial charge in [0.25, 0.3) is 0 Å². The Balaban J connectivity index is 1.46. The fourth-order valence-corrected chi connectivity index (χ4v) is 3.69. The average molecular weight is 340 g/mol. The summed E-state index contributed by atoms with van der Waals surface area (Å²) >= 11 is 0. The van der Waals surface area contributed by atoms with E-state index in [2.05, 4.69) is 5.32 Å². The molecule has 3 aliphatic rings. The van der Waals surface area contributed by atoms with E-state index in [0.717, 1.165) is 12.8 Å². The number of carbonyl (C=O) groups is 1. The summed E-state index contributed by atoms with van der Waals surface area (Å²) in [6.07, 6.45) is 7.15. The van der Waals surface area contributed by atoms with Crippen molar-refractivity contribution >= 4 is 6.09 Å². The molecule has 1 saturated heterocycles. The molecule has 0 radical (unpaired) electrons. The van der Waals surface area contributed by atoms with Gasteiger partial charge in [0.2, 0.25) is 0 Å². The zero-order valence-corrected chi connectivity index (χ0v) is 15.0. The third-order valence-corrected chi connectivity index (χ3v) is 5.46. The fourth-order valence-electron chi connectivity index (χ4n) is 3.69. The second-order valence-electron chi connectivity index (χ2n) is 8.04. The monoisotopic (exact) mass is 340 g/mol. The third-order valence-electron chi connectivity index (χ3n) is 5.46. The Labute approximate surface area is 144 Å². The summed E-state index contributed by atoms with van der Waals surface area (Å²) in [5.41, 5.74) is -0.741. The average Bonchev–Trinajstić information content (AvgIpc) is 3.33. The SMILES string of the molecule is CC1(C)OC([C@H](O)CNC2CC2)CN1C(=O)OCC1CCCCC1. The molecular formula is C18H32N2O4. The van der Waals surface area contributed by atoms with E-state index < -0.39 is 11.8 Å². The number of nitrogens with zero attached hydrogens (tertiary/aromatic N) is 1. The minimum absolute atomic E-state index is 0.324. The molecule has 2 N–H and O–H groups in total. The molecule has 2 aliphatic carbocycles. The largest absolute Gasteiger partial charge is 0.449 e. The highest BCUT2D eigenvalue weighted by molar-refractivity contribution is 5.68. The van der Waals surface area contributed by atoms with Gasteiger partial charge >= 0.3 is 6.09 Å². The van der Waals surface area contributed by atoms with Crippen molar-refractivity contribution in [3.8, 4) is 0 Å². The Bertz CT molecular complexity index is 433. The van der Waals surface area contributed by atoms with E-state index >= 15 is 0 Å². The second-order valence-corrected chi connectivity index (χ2v) is 8.04. The van der Waals surface area contributed by atoms with Crippen molar-refractivity contribution in [2.75, 3.05) is 19.7 Å². The van der Waals surface area contributed by atoms with E-state index in [1.54, 1.807) is 4.90 Å². The van der Waals surface area contributed by atoms with Crippen molar-refractivity contribution in [3.05, 3.63) is 0 Å². The number of hydrogen-bond acceptors (Lipinski definition) is 5. The van der Waals surface area contributed by atoms with Gasteiger partial charge in [0.1, 0.15) is 11.8 Å². The van der Waals surface area contributed by atoms with Crippen molar-refractivity contribution in [2.24, 2.45) is 5.92 Å². The number of aliphatic hydroxyl groups excluding tert-OH is 1. The van der Waals surface area contributed by atoms with Crippen molar-refractivity contribution in [3.63, 3.8) is 0 Å². The number of hydrogen-bond donors (Lipinski definition) is 2. The van der Waals surface area contributed by atoms with Gasteiger partial charge in [-0.3, -0.25) is 4.90 Å². The summed E-state index contributed by atoms with van der Waals surface area (Å²) in [6, 6.07) is 0.547. The smallest absolute Gasteiger partial charge is 0.412 e. The van der Waals surface area contributed by atoms with Gasteiger partial charge < -0.3 is 19.9 Å². The Hall–Kier alpha value is -0.850. The van der Waals surface area contributed by atoms with Crippen LogP contribution in [0.15, 0.2) is 0 Å². The first kappa shape index (κ1) is 18.0. The van der Waals surface area contributed by atoms with E-state index in [-0.39, 0.29) is 12.2 Å². The summed E-state index contributed by atoms with van der Waals surface area (Å²) in [5.74, 6) is 0.499. The van der Waals surface area contributed by atoms with Crippen LogP contribution in [0.3, 0.4) is 0 Å². The molecule has 0 aromatic rings. The number of carbonyl (C=O) groups excluding carboxylic acids is 1. The molecule has 1 aliphatic heterocycles. The number of nitrogens with one attached hydrogen (secondary N) is 1. The topological polar surface area (TPSA) is 71.0 Å². The molecule has 0 aromatic heterocycles. The lowest BCUT2D eigenvalue weighted by Crippen LogP contribution is -2.44. The quantitative estimate of drug-likeness (QED) is 0.776. The zero-order chi connectivity index (χ0) is 17.2. The lowest BCUT2D eigenvalue weighted by atomic mass is 9.90. The normalized spacial score (nSPS) is 28.8. The van der Waals surface area contributed by atoms with E-state index in [4.69, 9.17) is 9.47 Å². The van der Waals surface area contributed by atoms with Gasteiger partial charge in [-0.1, -0.05) is 19.3 Å². The highest BCUT2D eigenvalue weighted by atomic mass is 16.6. The first-order chi connectivity index (χ1) is 11.5. The Kier molecular flexibility index (Phi) is 5.67. The van der Waals surface area contributed by atoms with Crippen LogP contribution in [0.4, 0.5) is 4.79 Å². The summed E-state index contributed by atoms with van der Waals surface area (Å²) in [7, 11) is 0. The number of amides is 1. The maximum atomic E-state index is 12.5. The van der Waals surface area contributed by atoms with Gasteiger partial charge in [-0.15, -0.1) is 0 Å². The van der Waals surface area contributed by atoms with Gasteiger partial charge in [-0.2, -0.15) is 0 Å². The maximum Gasteiger partial charge on any atom is 0.412 e. The molecule has 3 fully saturated rings. The van der Waals surface area contributed by atoms with Crippen molar-refractivity contribution in [2.45, 2.75) is 82.8 Å². The Morgan fingerprint density at radius 1 is 1.29 bits per heavy atom. The van der Waals surface area contributed by atoms with Crippen LogP contribution in [0, 0.1) is 5.92 Å². The second kappa shape index (κ2) is 7.58. The lowest BCUT2D eigenvalue weighted by molar-refractivity contribution is -0.0988. The Morgan fingerprint density at radius 3 is 2.67 bits per heavy atom. The van der Waals surface area contributed by atoms with E-state index in [9.17, 15) is 9.90 Å². The van der Waals surface area contributed by atoms with E-state index in [1.165, 1.54) is 32.1 Å². The van der Waals surface area contributed by atoms with Gasteiger partial charge in [0.15, 0.2) is 0 Å². The van der Waals surface area contributed by atoms with Gasteiger partial charge in [-0.25, -0.2) is 4.79 Å².